The van der Waals surface area contributed by atoms with Crippen molar-refractivity contribution in [2.75, 3.05) is 0 Å². The molecular weight excluding hydrogens is 151 g/mol. The summed E-state index contributed by atoms with van der Waals surface area (Å²) in [5, 5.41) is 2.86. The summed E-state index contributed by atoms with van der Waals surface area (Å²) in [6.07, 6.45) is 1.92. The Morgan fingerprint density at radius 1 is 1.64 bits per heavy atom. The van der Waals surface area contributed by atoms with Crippen molar-refractivity contribution in [3.05, 3.63) is 23.8 Å². The van der Waals surface area contributed by atoms with Crippen LogP contribution in [0.1, 0.15) is 0 Å². The Morgan fingerprint density at radius 3 is 2.64 bits per heavy atom. The van der Waals surface area contributed by atoms with E-state index in [9.17, 15) is 4.48 Å². The first-order valence-electron chi connectivity index (χ1n) is 2.61. The Hall–Kier alpha value is -1.63. The molecule has 0 unspecified atom stereocenters. The summed E-state index contributed by atoms with van der Waals surface area (Å²) in [5.74, 6) is 4.94. The average Bonchev–Trinajstić information content (AvgIpc) is 2.00. The highest BCUT2D eigenvalue weighted by Gasteiger charge is 1.96. The van der Waals surface area contributed by atoms with Crippen LogP contribution in [-0.2, 0) is 0 Å². The van der Waals surface area contributed by atoms with Gasteiger partial charge in [-0.1, -0.05) is 0 Å². The highest BCUT2D eigenvalue weighted by molar-refractivity contribution is 5.24. The molecule has 0 bridgehead atoms. The van der Waals surface area contributed by atoms with Gasteiger partial charge in [0.05, 0.1) is 23.8 Å². The molecule has 0 rings (SSSR count). The van der Waals surface area contributed by atoms with Crippen LogP contribution < -0.4 is 22.5 Å². The largest absolute Gasteiger partial charge is 0.396 e. The third-order valence-electron chi connectivity index (χ3n) is 0.869. The third-order valence-corrected chi connectivity index (χ3v) is 0.869. The third kappa shape index (κ3) is 3.16. The molecule has 0 radical (unpaired) electrons. The van der Waals surface area contributed by atoms with Gasteiger partial charge in [0, 0.05) is 0 Å². The van der Waals surface area contributed by atoms with Gasteiger partial charge < -0.3 is 11.2 Å². The maximum atomic E-state index is 11.4. The number of nitrogens with one attached hydrogen (secondary N) is 3. The maximum absolute atomic E-state index is 11.4. The summed E-state index contributed by atoms with van der Waals surface area (Å²) in [5.41, 5.74) is 15.2. The number of nitrogens with two attached hydrogens (primary N) is 2. The van der Waals surface area contributed by atoms with E-state index in [1.54, 1.807) is 0 Å². The van der Waals surface area contributed by atoms with Crippen molar-refractivity contribution in [2.45, 2.75) is 0 Å². The summed E-state index contributed by atoms with van der Waals surface area (Å²) in [6.45, 7) is 0. The summed E-state index contributed by atoms with van der Waals surface area (Å²) in [6, 6.07) is 0. The first kappa shape index (κ1) is 9.37. The first-order valence-corrected chi connectivity index (χ1v) is 2.61. The summed E-state index contributed by atoms with van der Waals surface area (Å²) in [7, 11) is 0. The van der Waals surface area contributed by atoms with Crippen molar-refractivity contribution in [1.82, 2.24) is 11.0 Å². The number of hydrogen-bond acceptors (Lipinski definition) is 6. The van der Waals surface area contributed by atoms with Gasteiger partial charge in [-0.15, -0.1) is 4.48 Å². The van der Waals surface area contributed by atoms with Crippen molar-refractivity contribution >= 4 is 0 Å². The van der Waals surface area contributed by atoms with Crippen LogP contribution in [0.2, 0.25) is 0 Å². The van der Waals surface area contributed by atoms with Gasteiger partial charge >= 0.3 is 0 Å². The summed E-state index contributed by atoms with van der Waals surface area (Å²) < 4.78 is 11.4. The summed E-state index contributed by atoms with van der Waals surface area (Å²) >= 11 is 0. The van der Waals surface area contributed by atoms with Crippen LogP contribution in [0.15, 0.2) is 28.9 Å². The topological polar surface area (TPSA) is 112 Å². The minimum absolute atomic E-state index is 0.0626. The van der Waals surface area contributed by atoms with E-state index in [0.717, 1.165) is 12.4 Å². The molecule has 0 fully saturated rings. The number of rotatable bonds is 4. The predicted octanol–water partition coefficient (Wildman–Crippen LogP) is -0.404. The monoisotopic (exact) mass is 160 g/mol. The Balaban J connectivity index is 4.37. The number of halogens is 1. The minimum Gasteiger partial charge on any atom is -0.396 e. The molecule has 11 heavy (non-hydrogen) atoms. The van der Waals surface area contributed by atoms with Gasteiger partial charge in [0.2, 0.25) is 0 Å². The van der Waals surface area contributed by atoms with Gasteiger partial charge in [0.25, 0.3) is 0 Å². The zero-order valence-electron chi connectivity index (χ0n) is 5.63. The molecule has 0 aliphatic heterocycles. The highest BCUT2D eigenvalue weighted by Crippen LogP contribution is 1.96. The molecule has 0 spiro atoms. The van der Waals surface area contributed by atoms with Gasteiger partial charge in [-0.25, -0.2) is 11.1 Å². The van der Waals surface area contributed by atoms with Crippen molar-refractivity contribution < 1.29 is 4.48 Å². The molecule has 7 heteroatoms. The van der Waals surface area contributed by atoms with E-state index in [-0.39, 0.29) is 11.4 Å². The molecule has 7 N–H and O–H groups in total. The lowest BCUT2D eigenvalue weighted by atomic mass is 10.4. The molecule has 0 atom stereocenters. The second-order valence-electron chi connectivity index (χ2n) is 1.52. The number of nitrogens with zero attached hydrogens (tertiary/aromatic N) is 1. The van der Waals surface area contributed by atoms with E-state index in [0.29, 0.717) is 0 Å². The first-order chi connectivity index (χ1) is 5.26. The molecule has 0 heterocycles. The quantitative estimate of drug-likeness (QED) is 0.126. The van der Waals surface area contributed by atoms with Crippen LogP contribution in [0, 0.1) is 5.53 Å². The van der Waals surface area contributed by atoms with E-state index in [1.165, 1.54) is 5.54 Å². The van der Waals surface area contributed by atoms with Crippen molar-refractivity contribution in [2.24, 2.45) is 16.7 Å². The van der Waals surface area contributed by atoms with Crippen LogP contribution in [0.25, 0.3) is 0 Å². The van der Waals surface area contributed by atoms with E-state index in [2.05, 4.69) is 10.5 Å². The minimum atomic E-state index is 0.0626. The molecule has 0 aliphatic carbocycles. The Morgan fingerprint density at radius 2 is 2.27 bits per heavy atom. The number of hydrazine groups is 1. The SMILES string of the molecule is N=N/C=C(N)/C(=C/NF)NN. The predicted molar refractivity (Wildman–Crippen MR) is 37.1 cm³/mol. The molecular formula is C4H9FN6. The van der Waals surface area contributed by atoms with Gasteiger partial charge in [-0.2, -0.15) is 5.11 Å². The highest BCUT2D eigenvalue weighted by atomic mass is 19.2. The molecule has 0 aromatic carbocycles. The second kappa shape index (κ2) is 5.18. The lowest BCUT2D eigenvalue weighted by Crippen LogP contribution is -2.26. The van der Waals surface area contributed by atoms with Crippen molar-refractivity contribution in [1.29, 1.82) is 5.53 Å². The van der Waals surface area contributed by atoms with Gasteiger partial charge in [-0.05, 0) is 0 Å². The van der Waals surface area contributed by atoms with Gasteiger partial charge in [0.1, 0.15) is 0 Å². The van der Waals surface area contributed by atoms with E-state index in [4.69, 9.17) is 17.1 Å². The standard InChI is InChI=1S/C4H9FN6/c5-9-2-4(11-8)3(6)1-10-7/h1-2,7,9,11H,6,8H2/b3-1-,4-2-,10-7?. The fourth-order valence-electron chi connectivity index (χ4n) is 0.402. The van der Waals surface area contributed by atoms with Crippen LogP contribution in [0.5, 0.6) is 0 Å². The average molecular weight is 160 g/mol. The molecule has 0 aromatic heterocycles. The maximum Gasteiger partial charge on any atom is 0.0919 e. The van der Waals surface area contributed by atoms with Gasteiger partial charge in [-0.3, -0.25) is 5.84 Å². The molecule has 0 aliphatic rings. The Labute approximate surface area is 62.5 Å². The molecule has 0 saturated carbocycles. The van der Waals surface area contributed by atoms with Crippen LogP contribution in [0.4, 0.5) is 4.48 Å². The van der Waals surface area contributed by atoms with Crippen LogP contribution >= 0.6 is 0 Å². The molecule has 0 amide bonds. The lowest BCUT2D eigenvalue weighted by Gasteiger charge is -2.03. The van der Waals surface area contributed by atoms with Crippen molar-refractivity contribution in [3.8, 4) is 0 Å². The van der Waals surface area contributed by atoms with Crippen molar-refractivity contribution in [3.63, 3.8) is 0 Å². The van der Waals surface area contributed by atoms with Crippen LogP contribution in [0.3, 0.4) is 0 Å². The van der Waals surface area contributed by atoms with E-state index >= 15 is 0 Å². The molecule has 6 nitrogen and oxygen atoms in total. The zero-order valence-corrected chi connectivity index (χ0v) is 5.63. The Bertz CT molecular complexity index is 185. The number of hydrogen-bond donors (Lipinski definition) is 5. The zero-order chi connectivity index (χ0) is 8.69. The smallest absolute Gasteiger partial charge is 0.0919 e. The second-order valence-corrected chi connectivity index (χ2v) is 1.52. The summed E-state index contributed by atoms with van der Waals surface area (Å²) in [4.78, 5) is 0. The normalized spacial score (nSPS) is 12.5. The fourth-order valence-corrected chi connectivity index (χ4v) is 0.402. The molecule has 0 saturated heterocycles. The van der Waals surface area contributed by atoms with Crippen LogP contribution in [-0.4, -0.2) is 0 Å². The van der Waals surface area contributed by atoms with Gasteiger partial charge in [0.15, 0.2) is 0 Å². The van der Waals surface area contributed by atoms with E-state index < -0.39 is 0 Å². The molecule has 62 valence electrons. The lowest BCUT2D eigenvalue weighted by molar-refractivity contribution is 0.403. The van der Waals surface area contributed by atoms with E-state index in [1.807, 2.05) is 0 Å². The molecule has 0 aromatic rings. The fraction of sp³-hybridized carbons (Fsp3) is 0. The Kier molecular flexibility index (Phi) is 4.41.